The van der Waals surface area contributed by atoms with E-state index >= 15 is 0 Å². The summed E-state index contributed by atoms with van der Waals surface area (Å²) in [5, 5.41) is 8.80. The molecule has 0 spiro atoms. The molecule has 0 radical (unpaired) electrons. The molecule has 2 aromatic rings. The van der Waals surface area contributed by atoms with E-state index in [0.717, 1.165) is 17.2 Å². The highest BCUT2D eigenvalue weighted by Gasteiger charge is 2.08. The molecule has 2 N–H and O–H groups in total. The summed E-state index contributed by atoms with van der Waals surface area (Å²) in [6.45, 7) is 5.46. The van der Waals surface area contributed by atoms with Crippen LogP contribution in [0.5, 0.6) is 23.0 Å². The predicted molar refractivity (Wildman–Crippen MR) is 123 cm³/mol. The average Bonchev–Trinajstić information content (AvgIpc) is 2.73. The molecule has 7 nitrogen and oxygen atoms in total. The Morgan fingerprint density at radius 2 is 1.28 bits per heavy atom. The van der Waals surface area contributed by atoms with Crippen LogP contribution in [-0.2, 0) is 9.47 Å². The molecule has 0 saturated carbocycles. The van der Waals surface area contributed by atoms with Gasteiger partial charge in [-0.3, -0.25) is 3.52 Å². The standard InChI is InChI=1S/C13H20O4.C7H8O2.CH4IN/c1-4-15-13(16-5-2)10-17-12-8-6-11(14-3)7-9-12;1-9-7-4-2-6(8)3-5-7;1-3-2/h6-9,13H,4-5,10H2,1-3H3;2-5,8H,1H3;3H,1H3/i/hT. The fourth-order valence-electron chi connectivity index (χ4n) is 1.93. The van der Waals surface area contributed by atoms with E-state index in [-0.39, 0.29) is 12.0 Å². The van der Waals surface area contributed by atoms with E-state index in [1.165, 1.54) is 3.52 Å². The predicted octanol–water partition coefficient (Wildman–Crippen LogP) is 4.43. The third-order valence-corrected chi connectivity index (χ3v) is 3.22. The van der Waals surface area contributed by atoms with Crippen LogP contribution in [0.4, 0.5) is 0 Å². The first-order valence-corrected chi connectivity index (χ1v) is 10.0. The van der Waals surface area contributed by atoms with Crippen LogP contribution >= 0.6 is 22.9 Å². The number of methoxy groups -OCH3 is 2. The number of aromatic hydroxyl groups is 1. The maximum Gasteiger partial charge on any atom is 0.191 e. The fraction of sp³-hybridized carbons (Fsp3) is 0.429. The molecule has 0 aliphatic carbocycles. The highest BCUT2D eigenvalue weighted by Crippen LogP contribution is 2.17. The van der Waals surface area contributed by atoms with Gasteiger partial charge in [-0.1, -0.05) is 0 Å². The highest BCUT2D eigenvalue weighted by molar-refractivity contribution is 14.1. The number of phenols is 1. The lowest BCUT2D eigenvalue weighted by molar-refractivity contribution is -0.152. The van der Waals surface area contributed by atoms with Crippen molar-refractivity contribution >= 4 is 22.9 Å². The Labute approximate surface area is 189 Å². The van der Waals surface area contributed by atoms with Crippen molar-refractivity contribution in [3.8, 4) is 23.0 Å². The van der Waals surface area contributed by atoms with Crippen LogP contribution in [0.1, 0.15) is 13.8 Å². The normalized spacial score (nSPS) is 10.3. The third kappa shape index (κ3) is 14.0. The first kappa shape index (κ1) is 25.3. The van der Waals surface area contributed by atoms with Gasteiger partial charge in [0.05, 0.1) is 14.2 Å². The molecular weight excluding hydrogens is 489 g/mol. The van der Waals surface area contributed by atoms with Crippen molar-refractivity contribution in [2.24, 2.45) is 0 Å². The van der Waals surface area contributed by atoms with Gasteiger partial charge in [-0.15, -0.1) is 0 Å². The van der Waals surface area contributed by atoms with E-state index < -0.39 is 0 Å². The van der Waals surface area contributed by atoms with Crippen molar-refractivity contribution in [1.29, 1.82) is 0 Å². The maximum absolute atomic E-state index is 8.80. The van der Waals surface area contributed by atoms with Gasteiger partial charge in [-0.05, 0) is 69.4 Å². The van der Waals surface area contributed by atoms with Crippen molar-refractivity contribution in [3.63, 3.8) is 0 Å². The molecule has 0 saturated heterocycles. The van der Waals surface area contributed by atoms with Gasteiger partial charge in [0, 0.05) is 36.1 Å². The molecule has 164 valence electrons. The van der Waals surface area contributed by atoms with Gasteiger partial charge in [0.2, 0.25) is 0 Å². The molecule has 8 heteroatoms. The molecule has 0 aromatic heterocycles. The molecule has 2 aromatic carbocycles. The Morgan fingerprint density at radius 1 is 0.897 bits per heavy atom. The van der Waals surface area contributed by atoms with Crippen LogP contribution in [0, 0.1) is 0 Å². The zero-order valence-corrected chi connectivity index (χ0v) is 19.8. The molecule has 0 atom stereocenters. The van der Waals surface area contributed by atoms with E-state index in [9.17, 15) is 0 Å². The maximum atomic E-state index is 8.80. The van der Waals surface area contributed by atoms with Gasteiger partial charge in [-0.2, -0.15) is 0 Å². The second-order valence-electron chi connectivity index (χ2n) is 5.19. The van der Waals surface area contributed by atoms with Gasteiger partial charge in [0.1, 0.15) is 31.0 Å². The fourth-order valence-corrected chi connectivity index (χ4v) is 1.93. The molecule has 0 unspecified atom stereocenters. The van der Waals surface area contributed by atoms with Gasteiger partial charge in [0.15, 0.2) is 6.29 Å². The number of ether oxygens (including phenoxy) is 5. The van der Waals surface area contributed by atoms with E-state index in [4.69, 9.17) is 30.2 Å². The van der Waals surface area contributed by atoms with Crippen LogP contribution in [0.3, 0.4) is 0 Å². The summed E-state index contributed by atoms with van der Waals surface area (Å²) in [5.41, 5.74) is 0. The Balaban J connectivity index is 0.000000537. The van der Waals surface area contributed by atoms with Crippen LogP contribution < -0.4 is 17.7 Å². The van der Waals surface area contributed by atoms with Gasteiger partial charge >= 0.3 is 0 Å². The monoisotopic (exact) mass is 523 g/mol. The molecule has 2 rings (SSSR count). The molecule has 0 fully saturated rings. The van der Waals surface area contributed by atoms with Crippen molar-refractivity contribution in [1.82, 2.24) is 3.52 Å². The zero-order chi connectivity index (χ0) is 22.8. The SMILES string of the molecule is CCOC(COc1ccc(OC)cc1)OCC.COc1ccc(O)cc1.[3H]N(C)I. The minimum absolute atomic E-state index is 0.260. The number of halogens is 1. The Kier molecular flexibility index (Phi) is 15.9. The molecule has 0 aliphatic rings. The lowest BCUT2D eigenvalue weighted by Gasteiger charge is -2.17. The van der Waals surface area contributed by atoms with Crippen molar-refractivity contribution in [3.05, 3.63) is 48.5 Å². The number of hydrogen-bond donors (Lipinski definition) is 2. The van der Waals surface area contributed by atoms with Crippen molar-refractivity contribution in [2.45, 2.75) is 20.1 Å². The number of hydrogen-bond acceptors (Lipinski definition) is 7. The summed E-state index contributed by atoms with van der Waals surface area (Å²) in [5.74, 6) is 2.60. The Bertz CT molecular complexity index is 634. The molecule has 0 aliphatic heterocycles. The molecular formula is C21H32INO6. The molecule has 0 amide bonds. The molecule has 0 heterocycles. The van der Waals surface area contributed by atoms with Gasteiger partial charge in [-0.25, -0.2) is 0 Å². The smallest absolute Gasteiger partial charge is 0.191 e. The molecule has 29 heavy (non-hydrogen) atoms. The van der Waals surface area contributed by atoms with E-state index in [0.29, 0.717) is 19.8 Å². The number of phenolic OH excluding ortho intramolecular Hbond substituents is 1. The van der Waals surface area contributed by atoms with Crippen LogP contribution in [0.25, 0.3) is 0 Å². The minimum atomic E-state index is -0.313. The quantitative estimate of drug-likeness (QED) is 0.286. The first-order valence-electron chi connectivity index (χ1n) is 9.52. The van der Waals surface area contributed by atoms with Gasteiger partial charge in [0.25, 0.3) is 0 Å². The van der Waals surface area contributed by atoms with Crippen LogP contribution in [-0.4, -0.2) is 52.5 Å². The summed E-state index contributed by atoms with van der Waals surface area (Å²) >= 11 is 1.84. The summed E-state index contributed by atoms with van der Waals surface area (Å²) < 4.78 is 33.9. The first-order chi connectivity index (χ1) is 14.4. The second kappa shape index (κ2) is 18.3. The number of nitrogens with one attached hydrogen (secondary N) is 1. The summed E-state index contributed by atoms with van der Waals surface area (Å²) in [6.07, 6.45) is -0.313. The van der Waals surface area contributed by atoms with Crippen molar-refractivity contribution in [2.75, 3.05) is 41.1 Å². The lowest BCUT2D eigenvalue weighted by atomic mass is 10.3. The topological polar surface area (TPSA) is 78.4 Å². The second-order valence-corrected chi connectivity index (χ2v) is 6.16. The third-order valence-electron chi connectivity index (χ3n) is 3.22. The Hall–Kier alpha value is -1.75. The Morgan fingerprint density at radius 3 is 1.66 bits per heavy atom. The molecule has 0 bridgehead atoms. The number of rotatable bonds is 9. The van der Waals surface area contributed by atoms with Crippen LogP contribution in [0.2, 0.25) is 1.41 Å². The lowest BCUT2D eigenvalue weighted by Crippen LogP contribution is -2.25. The van der Waals surface area contributed by atoms with Crippen LogP contribution in [0.15, 0.2) is 48.5 Å². The number of benzene rings is 2. The van der Waals surface area contributed by atoms with Gasteiger partial charge < -0.3 is 28.8 Å². The largest absolute Gasteiger partial charge is 0.508 e. The summed E-state index contributed by atoms with van der Waals surface area (Å²) in [7, 11) is 4.88. The van der Waals surface area contributed by atoms with E-state index in [2.05, 4.69) is 0 Å². The van der Waals surface area contributed by atoms with E-state index in [1.54, 1.807) is 45.5 Å². The zero-order valence-electron chi connectivity index (χ0n) is 18.6. The van der Waals surface area contributed by atoms with E-state index in [1.807, 2.05) is 61.0 Å². The summed E-state index contributed by atoms with van der Waals surface area (Å²) in [4.78, 5) is 0. The van der Waals surface area contributed by atoms with Crippen molar-refractivity contribution < 1.29 is 30.2 Å². The highest BCUT2D eigenvalue weighted by atomic mass is 127. The minimum Gasteiger partial charge on any atom is -0.508 e. The average molecular weight is 523 g/mol. The summed E-state index contributed by atoms with van der Waals surface area (Å²) in [6, 6.07) is 14.0.